The monoisotopic (exact) mass is 203 g/mol. The van der Waals surface area contributed by atoms with Crippen molar-refractivity contribution in [2.75, 3.05) is 0 Å². The highest BCUT2D eigenvalue weighted by Crippen LogP contribution is 1.94. The standard InChI is InChI=1S/C6H9N3O3S/c1-2-5(10)6(13(11)12)9-4-7-3-8-9/h3-5,10H,2H2,1H3. The van der Waals surface area contributed by atoms with Crippen LogP contribution in [-0.2, 0) is 10.3 Å². The zero-order valence-corrected chi connectivity index (χ0v) is 7.77. The van der Waals surface area contributed by atoms with Crippen LogP contribution in [0.3, 0.4) is 0 Å². The van der Waals surface area contributed by atoms with E-state index < -0.39 is 16.4 Å². The Balaban J connectivity index is 3.18. The molecule has 0 bridgehead atoms. The second kappa shape index (κ2) is 4.15. The molecule has 7 heteroatoms. The van der Waals surface area contributed by atoms with Crippen LogP contribution >= 0.6 is 0 Å². The van der Waals surface area contributed by atoms with Crippen molar-refractivity contribution >= 4 is 15.3 Å². The first kappa shape index (κ1) is 9.87. The van der Waals surface area contributed by atoms with Crippen LogP contribution in [0.4, 0.5) is 0 Å². The van der Waals surface area contributed by atoms with Crippen LogP contribution in [0.1, 0.15) is 13.3 Å². The van der Waals surface area contributed by atoms with Gasteiger partial charge in [-0.2, -0.15) is 13.5 Å². The molecule has 0 aliphatic rings. The number of aromatic nitrogens is 3. The summed E-state index contributed by atoms with van der Waals surface area (Å²) in [4.78, 5) is 3.41. The smallest absolute Gasteiger partial charge is 0.238 e. The van der Waals surface area contributed by atoms with Crippen molar-refractivity contribution in [3.63, 3.8) is 0 Å². The Bertz CT molecular complexity index is 387. The van der Waals surface area contributed by atoms with E-state index in [4.69, 9.17) is 0 Å². The molecule has 1 heterocycles. The maximum atomic E-state index is 10.7. The summed E-state index contributed by atoms with van der Waals surface area (Å²) in [6, 6.07) is 0. The van der Waals surface area contributed by atoms with Crippen molar-refractivity contribution in [2.24, 2.45) is 0 Å². The quantitative estimate of drug-likeness (QED) is 0.617. The third-order valence-corrected chi connectivity index (χ3v) is 2.29. The molecule has 0 amide bonds. The lowest BCUT2D eigenvalue weighted by Gasteiger charge is -2.06. The second-order valence-corrected chi connectivity index (χ2v) is 3.22. The summed E-state index contributed by atoms with van der Waals surface area (Å²) in [5.74, 6) is 0. The third kappa shape index (κ3) is 2.13. The fourth-order valence-corrected chi connectivity index (χ4v) is 1.47. The minimum absolute atomic E-state index is 0.181. The van der Waals surface area contributed by atoms with E-state index >= 15 is 0 Å². The van der Waals surface area contributed by atoms with Gasteiger partial charge >= 0.3 is 0 Å². The first-order chi connectivity index (χ1) is 6.16. The Morgan fingerprint density at radius 3 is 2.77 bits per heavy atom. The lowest BCUT2D eigenvalue weighted by atomic mass is 10.3. The summed E-state index contributed by atoms with van der Waals surface area (Å²) in [6.45, 7) is 1.68. The van der Waals surface area contributed by atoms with Gasteiger partial charge in [0.15, 0.2) is 4.99 Å². The molecule has 0 saturated carbocycles. The number of aliphatic hydroxyl groups is 1. The van der Waals surface area contributed by atoms with E-state index in [-0.39, 0.29) is 4.99 Å². The molecule has 6 nitrogen and oxygen atoms in total. The van der Waals surface area contributed by atoms with Crippen LogP contribution in [0.5, 0.6) is 0 Å². The Kier molecular flexibility index (Phi) is 3.15. The summed E-state index contributed by atoms with van der Waals surface area (Å²) in [5.41, 5.74) is 0. The molecular formula is C6H9N3O3S. The normalized spacial score (nSPS) is 12.5. The fraction of sp³-hybridized carbons (Fsp3) is 0.500. The van der Waals surface area contributed by atoms with Gasteiger partial charge < -0.3 is 5.11 Å². The van der Waals surface area contributed by atoms with Crippen molar-refractivity contribution in [1.82, 2.24) is 14.8 Å². The highest BCUT2D eigenvalue weighted by Gasteiger charge is 2.14. The van der Waals surface area contributed by atoms with Crippen LogP contribution in [0.25, 0.3) is 0 Å². The van der Waals surface area contributed by atoms with E-state index in [0.717, 1.165) is 4.68 Å². The van der Waals surface area contributed by atoms with Gasteiger partial charge in [0.1, 0.15) is 18.8 Å². The highest BCUT2D eigenvalue weighted by atomic mass is 32.2. The molecule has 1 unspecified atom stereocenters. The average molecular weight is 203 g/mol. The average Bonchev–Trinajstić information content (AvgIpc) is 2.56. The van der Waals surface area contributed by atoms with E-state index in [9.17, 15) is 13.5 Å². The number of rotatable bonds is 2. The molecule has 0 aliphatic carbocycles. The number of nitrogens with zero attached hydrogens (tertiary/aromatic N) is 3. The Morgan fingerprint density at radius 1 is 1.69 bits per heavy atom. The topological polar surface area (TPSA) is 85.1 Å². The lowest BCUT2D eigenvalue weighted by molar-refractivity contribution is 0.235. The molecule has 0 saturated heterocycles. The largest absolute Gasteiger partial charge is 0.386 e. The van der Waals surface area contributed by atoms with Gasteiger partial charge in [-0.3, -0.25) is 0 Å². The van der Waals surface area contributed by atoms with Crippen LogP contribution in [0.2, 0.25) is 0 Å². The predicted molar refractivity (Wildman–Crippen MR) is 45.6 cm³/mol. The van der Waals surface area contributed by atoms with Crippen molar-refractivity contribution in [1.29, 1.82) is 0 Å². The predicted octanol–water partition coefficient (Wildman–Crippen LogP) is -1.09. The molecule has 0 spiro atoms. The summed E-state index contributed by atoms with van der Waals surface area (Å²) in [7, 11) is -2.49. The molecule has 72 valence electrons. The van der Waals surface area contributed by atoms with Crippen LogP contribution in [0.15, 0.2) is 12.7 Å². The zero-order chi connectivity index (χ0) is 9.84. The Labute approximate surface area is 76.4 Å². The summed E-state index contributed by atoms with van der Waals surface area (Å²) >= 11 is 0. The molecule has 1 aromatic rings. The Morgan fingerprint density at radius 2 is 2.38 bits per heavy atom. The molecule has 1 atom stereocenters. The van der Waals surface area contributed by atoms with Crippen LogP contribution in [-0.4, -0.2) is 39.4 Å². The molecule has 0 aromatic carbocycles. The number of aliphatic hydroxyl groups excluding tert-OH is 1. The van der Waals surface area contributed by atoms with E-state index in [0.29, 0.717) is 6.42 Å². The van der Waals surface area contributed by atoms with Crippen LogP contribution < -0.4 is 0 Å². The maximum absolute atomic E-state index is 10.7. The number of hydrogen-bond donors (Lipinski definition) is 1. The minimum atomic E-state index is -2.49. The van der Waals surface area contributed by atoms with Crippen molar-refractivity contribution in [3.05, 3.63) is 12.7 Å². The molecule has 1 aromatic heterocycles. The first-order valence-corrected chi connectivity index (χ1v) is 4.73. The lowest BCUT2D eigenvalue weighted by Crippen LogP contribution is -2.28. The summed E-state index contributed by atoms with van der Waals surface area (Å²) < 4.78 is 22.5. The minimum Gasteiger partial charge on any atom is -0.386 e. The van der Waals surface area contributed by atoms with Gasteiger partial charge in [-0.25, -0.2) is 9.67 Å². The SMILES string of the molecule is CCC(O)C(n1cncn1)=S(=O)=O. The van der Waals surface area contributed by atoms with Crippen molar-refractivity contribution < 1.29 is 13.5 Å². The van der Waals surface area contributed by atoms with E-state index in [1.54, 1.807) is 6.92 Å². The first-order valence-electron chi connectivity index (χ1n) is 3.66. The van der Waals surface area contributed by atoms with Gasteiger partial charge in [-0.15, -0.1) is 0 Å². The molecule has 1 N–H and O–H groups in total. The molecular weight excluding hydrogens is 194 g/mol. The van der Waals surface area contributed by atoms with E-state index in [1.807, 2.05) is 0 Å². The molecule has 0 aliphatic heterocycles. The zero-order valence-electron chi connectivity index (χ0n) is 6.95. The molecule has 0 fully saturated rings. The number of hydrogen-bond acceptors (Lipinski definition) is 5. The van der Waals surface area contributed by atoms with Crippen molar-refractivity contribution in [3.8, 4) is 0 Å². The Hall–Kier alpha value is -1.21. The van der Waals surface area contributed by atoms with Gasteiger partial charge in [-0.1, -0.05) is 6.92 Å². The highest BCUT2D eigenvalue weighted by molar-refractivity contribution is 7.73. The van der Waals surface area contributed by atoms with Crippen molar-refractivity contribution in [2.45, 2.75) is 19.4 Å². The van der Waals surface area contributed by atoms with E-state index in [1.165, 1.54) is 12.7 Å². The van der Waals surface area contributed by atoms with Crippen LogP contribution in [0, 0.1) is 0 Å². The van der Waals surface area contributed by atoms with Gasteiger partial charge in [0.25, 0.3) is 0 Å². The molecule has 1 rings (SSSR count). The fourth-order valence-electron chi connectivity index (χ4n) is 0.837. The molecule has 13 heavy (non-hydrogen) atoms. The second-order valence-electron chi connectivity index (χ2n) is 2.34. The maximum Gasteiger partial charge on any atom is 0.238 e. The summed E-state index contributed by atoms with van der Waals surface area (Å²) in [6.07, 6.45) is 1.70. The van der Waals surface area contributed by atoms with Gasteiger partial charge in [0.05, 0.1) is 0 Å². The molecule has 0 radical (unpaired) electrons. The van der Waals surface area contributed by atoms with Gasteiger partial charge in [0.2, 0.25) is 10.3 Å². The third-order valence-electron chi connectivity index (χ3n) is 1.49. The summed E-state index contributed by atoms with van der Waals surface area (Å²) in [5, 5.41) is 13.0. The van der Waals surface area contributed by atoms with E-state index in [2.05, 4.69) is 10.1 Å². The van der Waals surface area contributed by atoms with Gasteiger partial charge in [-0.05, 0) is 6.42 Å². The van der Waals surface area contributed by atoms with Gasteiger partial charge in [0, 0.05) is 0 Å².